The second kappa shape index (κ2) is 6.70. The van der Waals surface area contributed by atoms with Crippen molar-refractivity contribution in [1.82, 2.24) is 5.32 Å². The smallest absolute Gasteiger partial charge is 0.328 e. The van der Waals surface area contributed by atoms with Gasteiger partial charge in [0.2, 0.25) is 5.91 Å². The Bertz CT molecular complexity index is 521. The van der Waals surface area contributed by atoms with Crippen LogP contribution >= 0.6 is 11.3 Å². The highest BCUT2D eigenvalue weighted by Crippen LogP contribution is 2.31. The van der Waals surface area contributed by atoms with Gasteiger partial charge in [-0.1, -0.05) is 13.3 Å². The molecule has 1 aromatic heterocycles. The Kier molecular flexibility index (Phi) is 4.95. The highest BCUT2D eigenvalue weighted by molar-refractivity contribution is 7.10. The normalized spacial score (nSPS) is 22.2. The standard InChI is InChI=1S/C15H19NO3S/c1-10-3-2-4-13(10)15(19)16-8-12-7-11(9-20-12)5-6-14(17)18/h5-7,9-10,13H,2-4,8H2,1H3,(H,16,19)(H,17,18)/b6-5+. The molecule has 1 aliphatic rings. The quantitative estimate of drug-likeness (QED) is 0.820. The van der Waals surface area contributed by atoms with E-state index in [9.17, 15) is 9.59 Å². The SMILES string of the molecule is CC1CCCC1C(=O)NCc1cc(/C=C/C(=O)O)cs1. The second-order valence-electron chi connectivity index (χ2n) is 5.25. The van der Waals surface area contributed by atoms with Gasteiger partial charge in [-0.05, 0) is 41.8 Å². The van der Waals surface area contributed by atoms with Crippen LogP contribution < -0.4 is 5.32 Å². The predicted molar refractivity (Wildman–Crippen MR) is 79.3 cm³/mol. The van der Waals surface area contributed by atoms with E-state index in [1.54, 1.807) is 6.08 Å². The zero-order valence-electron chi connectivity index (χ0n) is 11.5. The zero-order valence-corrected chi connectivity index (χ0v) is 12.3. The van der Waals surface area contributed by atoms with Gasteiger partial charge in [0.1, 0.15) is 0 Å². The lowest BCUT2D eigenvalue weighted by Crippen LogP contribution is -2.31. The van der Waals surface area contributed by atoms with Crippen LogP contribution in [0.3, 0.4) is 0 Å². The summed E-state index contributed by atoms with van der Waals surface area (Å²) in [6.07, 6.45) is 5.95. The van der Waals surface area contributed by atoms with Crippen molar-refractivity contribution in [2.24, 2.45) is 11.8 Å². The monoisotopic (exact) mass is 293 g/mol. The highest BCUT2D eigenvalue weighted by atomic mass is 32.1. The Labute approximate surface area is 122 Å². The van der Waals surface area contributed by atoms with Gasteiger partial charge >= 0.3 is 5.97 Å². The Morgan fingerprint density at radius 3 is 2.95 bits per heavy atom. The molecule has 2 unspecified atom stereocenters. The number of aliphatic carboxylic acids is 1. The van der Waals surface area contributed by atoms with Crippen molar-refractivity contribution in [3.05, 3.63) is 28.0 Å². The Balaban J connectivity index is 1.85. The summed E-state index contributed by atoms with van der Waals surface area (Å²) in [6.45, 7) is 2.66. The maximum atomic E-state index is 12.1. The van der Waals surface area contributed by atoms with Crippen molar-refractivity contribution in [2.75, 3.05) is 0 Å². The van der Waals surface area contributed by atoms with Crippen molar-refractivity contribution < 1.29 is 14.7 Å². The van der Waals surface area contributed by atoms with Crippen LogP contribution in [0.25, 0.3) is 6.08 Å². The highest BCUT2D eigenvalue weighted by Gasteiger charge is 2.29. The molecule has 2 N–H and O–H groups in total. The van der Waals surface area contributed by atoms with Crippen LogP contribution in [0, 0.1) is 11.8 Å². The van der Waals surface area contributed by atoms with Crippen molar-refractivity contribution in [2.45, 2.75) is 32.7 Å². The molecule has 1 saturated carbocycles. The molecule has 0 aromatic carbocycles. The number of hydrogen-bond donors (Lipinski definition) is 2. The van der Waals surface area contributed by atoms with Crippen LogP contribution in [-0.4, -0.2) is 17.0 Å². The lowest BCUT2D eigenvalue weighted by Gasteiger charge is -2.14. The average Bonchev–Trinajstić information content (AvgIpc) is 3.02. The fourth-order valence-electron chi connectivity index (χ4n) is 2.59. The van der Waals surface area contributed by atoms with Gasteiger partial charge in [-0.3, -0.25) is 4.79 Å². The molecule has 1 fully saturated rings. The molecule has 108 valence electrons. The van der Waals surface area contributed by atoms with E-state index in [1.807, 2.05) is 11.4 Å². The average molecular weight is 293 g/mol. The van der Waals surface area contributed by atoms with Gasteiger partial charge in [-0.15, -0.1) is 11.3 Å². The van der Waals surface area contributed by atoms with E-state index in [-0.39, 0.29) is 11.8 Å². The molecule has 0 aliphatic heterocycles. The lowest BCUT2D eigenvalue weighted by atomic mass is 9.97. The van der Waals surface area contributed by atoms with E-state index in [0.717, 1.165) is 35.8 Å². The molecule has 1 amide bonds. The molecule has 20 heavy (non-hydrogen) atoms. The van der Waals surface area contributed by atoms with Crippen LogP contribution in [0.2, 0.25) is 0 Å². The molecule has 1 aromatic rings. The summed E-state index contributed by atoms with van der Waals surface area (Å²) in [7, 11) is 0. The Morgan fingerprint density at radius 2 is 2.30 bits per heavy atom. The number of thiophene rings is 1. The van der Waals surface area contributed by atoms with Gasteiger partial charge in [0.05, 0.1) is 6.54 Å². The summed E-state index contributed by atoms with van der Waals surface area (Å²) >= 11 is 1.53. The summed E-state index contributed by atoms with van der Waals surface area (Å²) in [5, 5.41) is 13.4. The summed E-state index contributed by atoms with van der Waals surface area (Å²) in [5.74, 6) is -0.180. The minimum Gasteiger partial charge on any atom is -0.478 e. The molecular formula is C15H19NO3S. The molecule has 0 saturated heterocycles. The first-order chi connectivity index (χ1) is 9.56. The van der Waals surface area contributed by atoms with E-state index in [1.165, 1.54) is 11.3 Å². The van der Waals surface area contributed by atoms with E-state index < -0.39 is 5.97 Å². The van der Waals surface area contributed by atoms with Crippen LogP contribution in [0.5, 0.6) is 0 Å². The van der Waals surface area contributed by atoms with E-state index in [4.69, 9.17) is 5.11 Å². The first kappa shape index (κ1) is 14.8. The van der Waals surface area contributed by atoms with Gasteiger partial charge in [-0.25, -0.2) is 4.79 Å². The van der Waals surface area contributed by atoms with Crippen LogP contribution in [0.15, 0.2) is 17.5 Å². The maximum Gasteiger partial charge on any atom is 0.328 e. The summed E-state index contributed by atoms with van der Waals surface area (Å²) in [6, 6.07) is 1.91. The fraction of sp³-hybridized carbons (Fsp3) is 0.467. The van der Waals surface area contributed by atoms with E-state index >= 15 is 0 Å². The van der Waals surface area contributed by atoms with Gasteiger partial charge in [0.15, 0.2) is 0 Å². The molecular weight excluding hydrogens is 274 g/mol. The van der Waals surface area contributed by atoms with Crippen LogP contribution in [-0.2, 0) is 16.1 Å². The van der Waals surface area contributed by atoms with Gasteiger partial charge in [0, 0.05) is 16.9 Å². The topological polar surface area (TPSA) is 66.4 Å². The first-order valence-electron chi connectivity index (χ1n) is 6.82. The largest absolute Gasteiger partial charge is 0.478 e. The van der Waals surface area contributed by atoms with Crippen LogP contribution in [0.4, 0.5) is 0 Å². The summed E-state index contributed by atoms with van der Waals surface area (Å²) in [5.41, 5.74) is 0.857. The summed E-state index contributed by atoms with van der Waals surface area (Å²) in [4.78, 5) is 23.5. The van der Waals surface area contributed by atoms with Crippen LogP contribution in [0.1, 0.15) is 36.6 Å². The Hall–Kier alpha value is -1.62. The Morgan fingerprint density at radius 1 is 1.50 bits per heavy atom. The number of hydrogen-bond acceptors (Lipinski definition) is 3. The third-order valence-electron chi connectivity index (χ3n) is 3.73. The molecule has 0 bridgehead atoms. The number of amides is 1. The number of nitrogens with one attached hydrogen (secondary N) is 1. The molecule has 5 heteroatoms. The molecule has 0 radical (unpaired) electrons. The minimum atomic E-state index is -0.957. The van der Waals surface area contributed by atoms with Crippen molar-refractivity contribution in [1.29, 1.82) is 0 Å². The number of rotatable bonds is 5. The van der Waals surface area contributed by atoms with Gasteiger partial charge < -0.3 is 10.4 Å². The first-order valence-corrected chi connectivity index (χ1v) is 7.70. The number of carboxylic acid groups (broad SMARTS) is 1. The van der Waals surface area contributed by atoms with E-state index in [2.05, 4.69) is 12.2 Å². The molecule has 1 heterocycles. The minimum absolute atomic E-state index is 0.144. The second-order valence-corrected chi connectivity index (χ2v) is 6.25. The number of carboxylic acids is 1. The van der Waals surface area contributed by atoms with Gasteiger partial charge in [-0.2, -0.15) is 0 Å². The number of carbonyl (C=O) groups is 2. The van der Waals surface area contributed by atoms with Crippen molar-refractivity contribution >= 4 is 29.3 Å². The molecule has 4 nitrogen and oxygen atoms in total. The van der Waals surface area contributed by atoms with E-state index in [0.29, 0.717) is 12.5 Å². The third-order valence-corrected chi connectivity index (χ3v) is 4.68. The van der Waals surface area contributed by atoms with Gasteiger partial charge in [0.25, 0.3) is 0 Å². The molecule has 2 rings (SSSR count). The zero-order chi connectivity index (χ0) is 14.5. The lowest BCUT2D eigenvalue weighted by molar-refractivity contribution is -0.131. The number of carbonyl (C=O) groups excluding carboxylic acids is 1. The molecule has 1 aliphatic carbocycles. The maximum absolute atomic E-state index is 12.1. The fourth-order valence-corrected chi connectivity index (χ4v) is 3.38. The summed E-state index contributed by atoms with van der Waals surface area (Å²) < 4.78 is 0. The third kappa shape index (κ3) is 3.93. The predicted octanol–water partition coefficient (Wildman–Crippen LogP) is 2.90. The van der Waals surface area contributed by atoms with Crippen molar-refractivity contribution in [3.63, 3.8) is 0 Å². The van der Waals surface area contributed by atoms with Crippen molar-refractivity contribution in [3.8, 4) is 0 Å². The molecule has 2 atom stereocenters. The molecule has 0 spiro atoms.